The van der Waals surface area contributed by atoms with Crippen LogP contribution in [-0.2, 0) is 10.3 Å². The van der Waals surface area contributed by atoms with Gasteiger partial charge in [0.25, 0.3) is 11.6 Å². The molecule has 0 aromatic heterocycles. The van der Waals surface area contributed by atoms with Crippen LogP contribution in [0.4, 0.5) is 16.2 Å². The number of nitro groups is 1. The number of nitrogens with one attached hydrogen (secondary N) is 1. The number of ether oxygens (including phenoxy) is 1. The summed E-state index contributed by atoms with van der Waals surface area (Å²) in [6.07, 6.45) is 1.24. The largest absolute Gasteiger partial charge is 0.497 e. The highest BCUT2D eigenvalue weighted by Gasteiger charge is 2.49. The van der Waals surface area contributed by atoms with Crippen LogP contribution in [0, 0.1) is 10.1 Å². The quantitative estimate of drug-likeness (QED) is 0.338. The lowest BCUT2D eigenvalue weighted by Gasteiger charge is -2.21. The molecule has 0 saturated carbocycles. The molecule has 1 saturated heterocycles. The van der Waals surface area contributed by atoms with Crippen molar-refractivity contribution in [3.8, 4) is 5.75 Å². The fourth-order valence-corrected chi connectivity index (χ4v) is 3.12. The number of hydrogen-bond acceptors (Lipinski definition) is 7. The van der Waals surface area contributed by atoms with Crippen molar-refractivity contribution in [1.82, 2.24) is 10.3 Å². The lowest BCUT2D eigenvalue weighted by molar-refractivity contribution is -0.384. The summed E-state index contributed by atoms with van der Waals surface area (Å²) in [5.74, 6) is 0.0603. The van der Waals surface area contributed by atoms with E-state index in [0.717, 1.165) is 5.01 Å². The maximum absolute atomic E-state index is 12.9. The van der Waals surface area contributed by atoms with Crippen molar-refractivity contribution in [2.75, 3.05) is 26.1 Å². The van der Waals surface area contributed by atoms with Crippen LogP contribution in [0.15, 0.2) is 47.6 Å². The Hall–Kier alpha value is -3.95. The number of imide groups is 1. The molecular formula is C20H21N5O5. The normalized spacial score (nSPS) is 18.6. The van der Waals surface area contributed by atoms with Crippen LogP contribution in [0.1, 0.15) is 18.1 Å². The van der Waals surface area contributed by atoms with Crippen LogP contribution in [0.25, 0.3) is 0 Å². The first-order chi connectivity index (χ1) is 14.2. The molecule has 0 bridgehead atoms. The van der Waals surface area contributed by atoms with Gasteiger partial charge in [0.1, 0.15) is 17.0 Å². The fourth-order valence-electron chi connectivity index (χ4n) is 3.12. The molecule has 2 aromatic rings. The molecule has 10 heteroatoms. The SMILES string of the molecule is COc1ccc([C@]2(C)NC(=O)N(/N=C\c3ccc(N(C)C)c([N+](=O)[O-])c3)C2=O)cc1. The van der Waals surface area contributed by atoms with Gasteiger partial charge in [-0.3, -0.25) is 14.9 Å². The lowest BCUT2D eigenvalue weighted by atomic mass is 9.92. The second kappa shape index (κ2) is 7.82. The first kappa shape index (κ1) is 20.8. The molecule has 10 nitrogen and oxygen atoms in total. The molecule has 3 amide bonds. The van der Waals surface area contributed by atoms with Crippen LogP contribution in [-0.4, -0.2) is 49.3 Å². The minimum absolute atomic E-state index is 0.107. The third kappa shape index (κ3) is 3.66. The molecular weight excluding hydrogens is 390 g/mol. The Balaban J connectivity index is 1.87. The van der Waals surface area contributed by atoms with Crippen LogP contribution in [0.2, 0.25) is 0 Å². The van der Waals surface area contributed by atoms with E-state index in [1.165, 1.54) is 19.4 Å². The Labute approximate surface area is 172 Å². The number of hydrogen-bond donors (Lipinski definition) is 1. The molecule has 0 unspecified atom stereocenters. The van der Waals surface area contributed by atoms with Crippen LogP contribution < -0.4 is 15.0 Å². The average Bonchev–Trinajstić information content (AvgIpc) is 2.95. The molecule has 30 heavy (non-hydrogen) atoms. The summed E-state index contributed by atoms with van der Waals surface area (Å²) in [6.45, 7) is 1.58. The Kier molecular flexibility index (Phi) is 5.41. The number of nitro benzene ring substituents is 1. The first-order valence-electron chi connectivity index (χ1n) is 8.98. The highest BCUT2D eigenvalue weighted by molar-refractivity contribution is 6.07. The van der Waals surface area contributed by atoms with Crippen molar-refractivity contribution in [1.29, 1.82) is 0 Å². The van der Waals surface area contributed by atoms with Crippen LogP contribution >= 0.6 is 0 Å². The number of methoxy groups -OCH3 is 1. The highest BCUT2D eigenvalue weighted by atomic mass is 16.6. The topological polar surface area (TPSA) is 117 Å². The Morgan fingerprint density at radius 2 is 1.87 bits per heavy atom. The molecule has 0 radical (unpaired) electrons. The molecule has 1 aliphatic rings. The molecule has 156 valence electrons. The van der Waals surface area contributed by atoms with E-state index in [-0.39, 0.29) is 5.69 Å². The molecule has 0 aliphatic carbocycles. The van der Waals surface area contributed by atoms with Gasteiger partial charge in [-0.15, -0.1) is 5.01 Å². The summed E-state index contributed by atoms with van der Waals surface area (Å²) >= 11 is 0. The number of carbonyl (C=O) groups is 2. The fraction of sp³-hybridized carbons (Fsp3) is 0.250. The summed E-state index contributed by atoms with van der Waals surface area (Å²) in [5, 5.41) is 18.7. The van der Waals surface area contributed by atoms with Gasteiger partial charge in [0.2, 0.25) is 0 Å². The van der Waals surface area contributed by atoms with Gasteiger partial charge in [0.15, 0.2) is 0 Å². The Morgan fingerprint density at radius 1 is 1.20 bits per heavy atom. The molecule has 1 aliphatic heterocycles. The van der Waals surface area contributed by atoms with E-state index in [0.29, 0.717) is 22.6 Å². The van der Waals surface area contributed by atoms with Gasteiger partial charge in [-0.2, -0.15) is 5.10 Å². The minimum Gasteiger partial charge on any atom is -0.497 e. The monoisotopic (exact) mass is 411 g/mol. The van der Waals surface area contributed by atoms with Crippen molar-refractivity contribution < 1.29 is 19.2 Å². The predicted molar refractivity (Wildman–Crippen MR) is 111 cm³/mol. The van der Waals surface area contributed by atoms with Crippen LogP contribution in [0.5, 0.6) is 5.75 Å². The summed E-state index contributed by atoms with van der Waals surface area (Å²) < 4.78 is 5.11. The zero-order valence-corrected chi connectivity index (χ0v) is 16.9. The standard InChI is InChI=1S/C20H21N5O5/c1-20(14-6-8-15(30-4)9-7-14)18(26)24(19(27)22-20)21-12-13-5-10-16(23(2)3)17(11-13)25(28)29/h5-12H,1-4H3,(H,22,27)/b21-12-/t20-/m0/s1. The van der Waals surface area contributed by atoms with Gasteiger partial charge >= 0.3 is 6.03 Å². The van der Waals surface area contributed by atoms with E-state index >= 15 is 0 Å². The number of urea groups is 1. The van der Waals surface area contributed by atoms with Crippen molar-refractivity contribution in [3.05, 3.63) is 63.7 Å². The van der Waals surface area contributed by atoms with Crippen molar-refractivity contribution in [3.63, 3.8) is 0 Å². The zero-order chi connectivity index (χ0) is 22.1. The van der Waals surface area contributed by atoms with E-state index in [1.54, 1.807) is 62.3 Å². The molecule has 2 aromatic carbocycles. The van der Waals surface area contributed by atoms with Gasteiger partial charge < -0.3 is 15.0 Å². The van der Waals surface area contributed by atoms with Gasteiger partial charge in [-0.05, 0) is 30.7 Å². The maximum Gasteiger partial charge on any atom is 0.346 e. The summed E-state index contributed by atoms with van der Waals surface area (Å²) in [4.78, 5) is 37.7. The number of rotatable bonds is 6. The number of anilines is 1. The van der Waals surface area contributed by atoms with E-state index in [4.69, 9.17) is 4.74 Å². The number of nitrogens with zero attached hydrogens (tertiary/aromatic N) is 4. The highest BCUT2D eigenvalue weighted by Crippen LogP contribution is 2.31. The van der Waals surface area contributed by atoms with E-state index in [9.17, 15) is 19.7 Å². The van der Waals surface area contributed by atoms with E-state index < -0.39 is 22.4 Å². The predicted octanol–water partition coefficient (Wildman–Crippen LogP) is 2.47. The van der Waals surface area contributed by atoms with Crippen LogP contribution in [0.3, 0.4) is 0 Å². The first-order valence-corrected chi connectivity index (χ1v) is 8.98. The number of amides is 3. The van der Waals surface area contributed by atoms with Crippen molar-refractivity contribution in [2.24, 2.45) is 5.10 Å². The second-order valence-corrected chi connectivity index (χ2v) is 7.04. The summed E-state index contributed by atoms with van der Waals surface area (Å²) in [6, 6.07) is 10.6. The number of hydrazone groups is 1. The lowest BCUT2D eigenvalue weighted by Crippen LogP contribution is -2.40. The Bertz CT molecular complexity index is 1030. The van der Waals surface area contributed by atoms with Gasteiger partial charge in [-0.25, -0.2) is 4.79 Å². The minimum atomic E-state index is -1.29. The summed E-state index contributed by atoms with van der Waals surface area (Å²) in [5.41, 5.74) is -0.0127. The smallest absolute Gasteiger partial charge is 0.346 e. The van der Waals surface area contributed by atoms with Gasteiger partial charge in [0.05, 0.1) is 18.2 Å². The number of carbonyl (C=O) groups excluding carboxylic acids is 2. The molecule has 1 N–H and O–H groups in total. The van der Waals surface area contributed by atoms with Gasteiger partial charge in [0, 0.05) is 25.7 Å². The maximum atomic E-state index is 12.9. The van der Waals surface area contributed by atoms with Crippen molar-refractivity contribution in [2.45, 2.75) is 12.5 Å². The molecule has 0 spiro atoms. The van der Waals surface area contributed by atoms with E-state index in [1.807, 2.05) is 0 Å². The number of benzene rings is 2. The zero-order valence-electron chi connectivity index (χ0n) is 16.9. The van der Waals surface area contributed by atoms with Gasteiger partial charge in [-0.1, -0.05) is 18.2 Å². The second-order valence-electron chi connectivity index (χ2n) is 7.04. The third-order valence-corrected chi connectivity index (χ3v) is 4.84. The summed E-state index contributed by atoms with van der Waals surface area (Å²) in [7, 11) is 4.93. The molecule has 3 rings (SSSR count). The van der Waals surface area contributed by atoms with Crippen molar-refractivity contribution >= 4 is 29.5 Å². The third-order valence-electron chi connectivity index (χ3n) is 4.84. The molecule has 1 atom stereocenters. The van der Waals surface area contributed by atoms with E-state index in [2.05, 4.69) is 10.4 Å². The molecule has 1 fully saturated rings. The molecule has 1 heterocycles. The Morgan fingerprint density at radius 3 is 2.43 bits per heavy atom. The average molecular weight is 411 g/mol.